The molecule has 1 aromatic carbocycles. The Balaban J connectivity index is 1.45. The maximum atomic E-state index is 14.8. The summed E-state index contributed by atoms with van der Waals surface area (Å²) in [5.41, 5.74) is 0.455. The summed E-state index contributed by atoms with van der Waals surface area (Å²) in [5, 5.41) is 14.9. The first-order chi connectivity index (χ1) is 16.8. The molecule has 4 rings (SSSR count). The summed E-state index contributed by atoms with van der Waals surface area (Å²) in [7, 11) is 0. The lowest BCUT2D eigenvalue weighted by Crippen LogP contribution is -2.51. The lowest BCUT2D eigenvalue weighted by atomic mass is 9.83. The Morgan fingerprint density at radius 3 is 2.58 bits per heavy atom. The Morgan fingerprint density at radius 1 is 1.19 bits per heavy atom. The second kappa shape index (κ2) is 9.40. The maximum Gasteiger partial charge on any atom is 0.395 e. The highest BCUT2D eigenvalue weighted by Gasteiger charge is 2.54. The number of piperidine rings is 1. The van der Waals surface area contributed by atoms with E-state index in [1.54, 1.807) is 6.07 Å². The largest absolute Gasteiger partial charge is 0.395 e. The van der Waals surface area contributed by atoms with Gasteiger partial charge in [0.05, 0.1) is 12.0 Å². The molecule has 1 aliphatic carbocycles. The van der Waals surface area contributed by atoms with E-state index in [0.29, 0.717) is 22.8 Å². The molecule has 1 aromatic rings. The molecule has 7 nitrogen and oxygen atoms in total. The van der Waals surface area contributed by atoms with Gasteiger partial charge in [-0.05, 0) is 36.5 Å². The van der Waals surface area contributed by atoms with Crippen molar-refractivity contribution in [2.24, 2.45) is 5.92 Å². The van der Waals surface area contributed by atoms with Gasteiger partial charge in [0.2, 0.25) is 11.8 Å². The second-order valence-corrected chi connectivity index (χ2v) is 9.24. The summed E-state index contributed by atoms with van der Waals surface area (Å²) in [6.45, 7) is 1.16. The van der Waals surface area contributed by atoms with Crippen molar-refractivity contribution in [3.63, 3.8) is 0 Å². The van der Waals surface area contributed by atoms with Crippen molar-refractivity contribution >= 4 is 17.7 Å². The zero-order chi connectivity index (χ0) is 26.4. The van der Waals surface area contributed by atoms with E-state index in [4.69, 9.17) is 0 Å². The van der Waals surface area contributed by atoms with Crippen LogP contribution in [-0.4, -0.2) is 45.9 Å². The van der Waals surface area contributed by atoms with Crippen LogP contribution in [0.1, 0.15) is 49.1 Å². The van der Waals surface area contributed by atoms with Crippen molar-refractivity contribution < 1.29 is 41.4 Å². The molecule has 0 spiro atoms. The van der Waals surface area contributed by atoms with E-state index < -0.39 is 60.0 Å². The zero-order valence-corrected chi connectivity index (χ0v) is 19.2. The summed E-state index contributed by atoms with van der Waals surface area (Å²) in [5.74, 6) is -9.59. The molecule has 36 heavy (non-hydrogen) atoms. The number of nitrogens with one attached hydrogen (secondary N) is 2. The molecule has 0 aromatic heterocycles. The number of benzene rings is 1. The topological polar surface area (TPSA) is 98.7 Å². The molecule has 3 aliphatic rings. The molecule has 3 unspecified atom stereocenters. The fraction of sp³-hybridized carbons (Fsp3) is 0.458. The molecule has 0 saturated carbocycles. The van der Waals surface area contributed by atoms with E-state index in [1.807, 2.05) is 5.32 Å². The van der Waals surface area contributed by atoms with Crippen LogP contribution >= 0.6 is 0 Å². The van der Waals surface area contributed by atoms with Crippen LogP contribution in [0, 0.1) is 5.92 Å². The van der Waals surface area contributed by atoms with Gasteiger partial charge in [0.25, 0.3) is 5.91 Å². The van der Waals surface area contributed by atoms with Crippen LogP contribution in [0.3, 0.4) is 0 Å². The highest BCUT2D eigenvalue weighted by molar-refractivity contribution is 6.00. The number of hydrogen-bond acceptors (Lipinski definition) is 5. The molecule has 2 aliphatic heterocycles. The number of imide groups is 1. The van der Waals surface area contributed by atoms with E-state index in [-0.39, 0.29) is 31.5 Å². The number of fused-ring (bicyclic) bond motifs is 1. The second-order valence-electron chi connectivity index (χ2n) is 9.24. The predicted octanol–water partition coefficient (Wildman–Crippen LogP) is 3.00. The molecule has 1 fully saturated rings. The van der Waals surface area contributed by atoms with E-state index in [0.717, 1.165) is 6.08 Å². The molecule has 1 saturated heterocycles. The molecule has 2 heterocycles. The Morgan fingerprint density at radius 2 is 1.92 bits per heavy atom. The van der Waals surface area contributed by atoms with Crippen LogP contribution in [0.5, 0.6) is 0 Å². The normalized spacial score (nSPS) is 25.1. The van der Waals surface area contributed by atoms with Crippen LogP contribution in [0.15, 0.2) is 41.5 Å². The molecule has 194 valence electrons. The summed E-state index contributed by atoms with van der Waals surface area (Å²) < 4.78 is 69.7. The fourth-order valence-corrected chi connectivity index (χ4v) is 4.79. The lowest BCUT2D eigenvalue weighted by Gasteiger charge is -2.31. The third kappa shape index (κ3) is 4.92. The third-order valence-corrected chi connectivity index (χ3v) is 6.71. The monoisotopic (exact) mass is 513 g/mol. The molecular weight excluding hydrogens is 489 g/mol. The first kappa shape index (κ1) is 26.0. The van der Waals surface area contributed by atoms with E-state index in [2.05, 4.69) is 5.32 Å². The van der Waals surface area contributed by atoms with Crippen molar-refractivity contribution in [2.75, 3.05) is 0 Å². The standard InChI is InChI=1S/C24H24F5N3O4/c1-12-2-5-16(17(8-12)24(27,28)29)23(25,26)22(36)30-10-13-3-4-15-14(9-13)11-32(21(15)35)18-6-7-19(33)31-20(18)34/h2-5,9,17-18,21,35H,6-8,10-11H2,1H3,(H,30,36)(H,31,33,34). The maximum absolute atomic E-state index is 14.8. The minimum atomic E-state index is -4.93. The molecule has 12 heteroatoms. The minimum absolute atomic E-state index is 0.127. The summed E-state index contributed by atoms with van der Waals surface area (Å²) in [6, 6.07) is 3.85. The number of nitrogens with zero attached hydrogens (tertiary/aromatic N) is 1. The first-order valence-electron chi connectivity index (χ1n) is 11.3. The number of carbonyl (C=O) groups excluding carboxylic acids is 3. The van der Waals surface area contributed by atoms with Gasteiger partial charge in [0, 0.05) is 25.1 Å². The Labute approximate surface area is 203 Å². The Kier molecular flexibility index (Phi) is 6.78. The van der Waals surface area contributed by atoms with Gasteiger partial charge in [-0.25, -0.2) is 0 Å². The number of halogens is 5. The SMILES string of the molecule is CC1=CC=C(C(F)(F)C(=O)NCc2ccc3c(c2)CN(C2CCC(=O)NC2=O)C3O)C(C(F)(F)F)C1. The van der Waals surface area contributed by atoms with Crippen LogP contribution in [-0.2, 0) is 27.5 Å². The van der Waals surface area contributed by atoms with Gasteiger partial charge in [-0.15, -0.1) is 0 Å². The first-order valence-corrected chi connectivity index (χ1v) is 11.3. The summed E-state index contributed by atoms with van der Waals surface area (Å²) >= 11 is 0. The molecular formula is C24H24F5N3O4. The quantitative estimate of drug-likeness (QED) is 0.416. The Hall–Kier alpha value is -3.12. The number of rotatable bonds is 5. The van der Waals surface area contributed by atoms with Crippen molar-refractivity contribution in [2.45, 2.75) is 63.6 Å². The minimum Gasteiger partial charge on any atom is -0.374 e. The molecule has 0 bridgehead atoms. The van der Waals surface area contributed by atoms with Gasteiger partial charge in [-0.3, -0.25) is 24.6 Å². The summed E-state index contributed by atoms with van der Waals surface area (Å²) in [6.07, 6.45) is -4.52. The smallest absolute Gasteiger partial charge is 0.374 e. The van der Waals surface area contributed by atoms with E-state index in [9.17, 15) is 41.4 Å². The number of amides is 3. The van der Waals surface area contributed by atoms with E-state index in [1.165, 1.54) is 24.0 Å². The van der Waals surface area contributed by atoms with Gasteiger partial charge >= 0.3 is 12.1 Å². The third-order valence-electron chi connectivity index (χ3n) is 6.71. The van der Waals surface area contributed by atoms with Crippen LogP contribution in [0.25, 0.3) is 0 Å². The molecule has 3 amide bonds. The zero-order valence-electron chi connectivity index (χ0n) is 19.2. The average molecular weight is 513 g/mol. The van der Waals surface area contributed by atoms with Crippen molar-refractivity contribution in [3.8, 4) is 0 Å². The molecule has 0 radical (unpaired) electrons. The van der Waals surface area contributed by atoms with Crippen LogP contribution in [0.2, 0.25) is 0 Å². The summed E-state index contributed by atoms with van der Waals surface area (Å²) in [4.78, 5) is 37.4. The van der Waals surface area contributed by atoms with Crippen molar-refractivity contribution in [1.82, 2.24) is 15.5 Å². The number of hydrogen-bond donors (Lipinski definition) is 3. The number of aliphatic hydroxyl groups excluding tert-OH is 1. The van der Waals surface area contributed by atoms with Gasteiger partial charge in [-0.2, -0.15) is 22.0 Å². The number of carbonyl (C=O) groups is 3. The number of aliphatic hydroxyl groups is 1. The van der Waals surface area contributed by atoms with E-state index >= 15 is 0 Å². The molecule has 3 atom stereocenters. The van der Waals surface area contributed by atoms with Crippen LogP contribution < -0.4 is 10.6 Å². The van der Waals surface area contributed by atoms with Gasteiger partial charge < -0.3 is 10.4 Å². The number of alkyl halides is 5. The lowest BCUT2D eigenvalue weighted by molar-refractivity contribution is -0.175. The number of allylic oxidation sites excluding steroid dienone is 3. The Bertz CT molecular complexity index is 1160. The molecule has 3 N–H and O–H groups in total. The fourth-order valence-electron chi connectivity index (χ4n) is 4.79. The van der Waals surface area contributed by atoms with Crippen LogP contribution in [0.4, 0.5) is 22.0 Å². The highest BCUT2D eigenvalue weighted by Crippen LogP contribution is 2.45. The predicted molar refractivity (Wildman–Crippen MR) is 116 cm³/mol. The van der Waals surface area contributed by atoms with Gasteiger partial charge in [0.1, 0.15) is 6.23 Å². The van der Waals surface area contributed by atoms with Gasteiger partial charge in [-0.1, -0.05) is 35.9 Å². The average Bonchev–Trinajstić information content (AvgIpc) is 3.12. The van der Waals surface area contributed by atoms with Crippen molar-refractivity contribution in [3.05, 3.63) is 58.2 Å². The van der Waals surface area contributed by atoms with Crippen molar-refractivity contribution in [1.29, 1.82) is 0 Å². The van der Waals surface area contributed by atoms with Gasteiger partial charge in [0.15, 0.2) is 0 Å². The highest BCUT2D eigenvalue weighted by atomic mass is 19.4.